The van der Waals surface area contributed by atoms with Gasteiger partial charge < -0.3 is 20.9 Å². The number of nitrogens with one attached hydrogen (secondary N) is 3. The standard InChI is InChI=1S/C20H26FN5O.HI/c1-22-20(23-12-15-6-4-8-17(21)10-15)24-13-16-7-5-9-18(11-16)25-19(27)14-26(2)3;/h4-11H,12-14H2,1-3H3,(H,25,27)(H2,22,23,24);1H. The second kappa shape index (κ2) is 12.3. The third-order valence-electron chi connectivity index (χ3n) is 3.70. The normalized spacial score (nSPS) is 11.0. The Bertz CT molecular complexity index is 798. The number of likely N-dealkylation sites (N-methyl/N-ethyl adjacent to an activating group) is 1. The molecule has 152 valence electrons. The van der Waals surface area contributed by atoms with Crippen molar-refractivity contribution in [3.63, 3.8) is 0 Å². The summed E-state index contributed by atoms with van der Waals surface area (Å²) in [5, 5.41) is 9.23. The first-order chi connectivity index (χ1) is 13.0. The first-order valence-corrected chi connectivity index (χ1v) is 8.69. The van der Waals surface area contributed by atoms with Gasteiger partial charge in [0, 0.05) is 25.8 Å². The summed E-state index contributed by atoms with van der Waals surface area (Å²) >= 11 is 0. The molecule has 0 saturated carbocycles. The number of aliphatic imine (C=N–C) groups is 1. The van der Waals surface area contributed by atoms with Crippen LogP contribution in [0, 0.1) is 5.82 Å². The fraction of sp³-hybridized carbons (Fsp3) is 0.300. The molecule has 0 fully saturated rings. The summed E-state index contributed by atoms with van der Waals surface area (Å²) in [4.78, 5) is 17.9. The van der Waals surface area contributed by atoms with Crippen LogP contribution >= 0.6 is 24.0 Å². The van der Waals surface area contributed by atoms with Crippen LogP contribution in [0.2, 0.25) is 0 Å². The lowest BCUT2D eigenvalue weighted by molar-refractivity contribution is -0.116. The van der Waals surface area contributed by atoms with E-state index < -0.39 is 0 Å². The molecule has 0 bridgehead atoms. The number of hydrogen-bond acceptors (Lipinski definition) is 3. The highest BCUT2D eigenvalue weighted by molar-refractivity contribution is 14.0. The number of nitrogens with zero attached hydrogens (tertiary/aromatic N) is 2. The van der Waals surface area contributed by atoms with E-state index in [0.717, 1.165) is 16.8 Å². The van der Waals surface area contributed by atoms with Crippen molar-refractivity contribution in [2.75, 3.05) is 33.0 Å². The van der Waals surface area contributed by atoms with Crippen LogP contribution in [-0.4, -0.2) is 44.5 Å². The molecule has 3 N–H and O–H groups in total. The van der Waals surface area contributed by atoms with Crippen LogP contribution in [0.5, 0.6) is 0 Å². The van der Waals surface area contributed by atoms with Crippen LogP contribution in [0.3, 0.4) is 0 Å². The summed E-state index contributed by atoms with van der Waals surface area (Å²) in [5.41, 5.74) is 2.60. The molecule has 0 saturated heterocycles. The lowest BCUT2D eigenvalue weighted by atomic mass is 10.2. The van der Waals surface area contributed by atoms with E-state index in [1.54, 1.807) is 13.1 Å². The fourth-order valence-corrected chi connectivity index (χ4v) is 2.49. The number of carbonyl (C=O) groups excluding carboxylic acids is 1. The van der Waals surface area contributed by atoms with E-state index >= 15 is 0 Å². The fourth-order valence-electron chi connectivity index (χ4n) is 2.49. The van der Waals surface area contributed by atoms with E-state index in [-0.39, 0.29) is 35.7 Å². The molecular formula is C20H27FIN5O. The topological polar surface area (TPSA) is 68.8 Å². The summed E-state index contributed by atoms with van der Waals surface area (Å²) in [6.45, 7) is 1.34. The van der Waals surface area contributed by atoms with Crippen molar-refractivity contribution in [3.8, 4) is 0 Å². The van der Waals surface area contributed by atoms with Gasteiger partial charge in [-0.25, -0.2) is 4.39 Å². The largest absolute Gasteiger partial charge is 0.352 e. The minimum Gasteiger partial charge on any atom is -0.352 e. The molecule has 0 unspecified atom stereocenters. The Labute approximate surface area is 182 Å². The van der Waals surface area contributed by atoms with Gasteiger partial charge >= 0.3 is 0 Å². The first kappa shape index (κ1) is 23.8. The van der Waals surface area contributed by atoms with Crippen molar-refractivity contribution in [2.45, 2.75) is 13.1 Å². The summed E-state index contributed by atoms with van der Waals surface area (Å²) in [6, 6.07) is 14.1. The maximum Gasteiger partial charge on any atom is 0.238 e. The third-order valence-corrected chi connectivity index (χ3v) is 3.70. The van der Waals surface area contributed by atoms with Crippen molar-refractivity contribution in [1.29, 1.82) is 0 Å². The zero-order valence-electron chi connectivity index (χ0n) is 16.3. The van der Waals surface area contributed by atoms with Crippen LogP contribution in [0.15, 0.2) is 53.5 Å². The number of hydrogen-bond donors (Lipinski definition) is 3. The number of benzene rings is 2. The number of amides is 1. The quantitative estimate of drug-likeness (QED) is 0.312. The average Bonchev–Trinajstić information content (AvgIpc) is 2.61. The smallest absolute Gasteiger partial charge is 0.238 e. The van der Waals surface area contributed by atoms with Gasteiger partial charge in [-0.3, -0.25) is 9.79 Å². The average molecular weight is 499 g/mol. The van der Waals surface area contributed by atoms with E-state index in [1.165, 1.54) is 12.1 Å². The van der Waals surface area contributed by atoms with Crippen molar-refractivity contribution < 1.29 is 9.18 Å². The SMILES string of the molecule is CN=C(NCc1cccc(F)c1)NCc1cccc(NC(=O)CN(C)C)c1.I. The highest BCUT2D eigenvalue weighted by Crippen LogP contribution is 2.10. The van der Waals surface area contributed by atoms with Gasteiger partial charge in [0.25, 0.3) is 0 Å². The van der Waals surface area contributed by atoms with Crippen molar-refractivity contribution in [3.05, 3.63) is 65.5 Å². The van der Waals surface area contributed by atoms with Gasteiger partial charge in [-0.1, -0.05) is 24.3 Å². The molecule has 0 spiro atoms. The van der Waals surface area contributed by atoms with Gasteiger partial charge in [0.1, 0.15) is 5.82 Å². The lowest BCUT2D eigenvalue weighted by Crippen LogP contribution is -2.36. The molecule has 0 aromatic heterocycles. The molecule has 1 amide bonds. The molecule has 2 aromatic rings. The predicted octanol–water partition coefficient (Wildman–Crippen LogP) is 2.81. The molecule has 0 aliphatic heterocycles. The Morgan fingerprint density at radius 2 is 1.64 bits per heavy atom. The zero-order chi connectivity index (χ0) is 19.6. The molecule has 0 aliphatic carbocycles. The molecule has 2 rings (SSSR count). The monoisotopic (exact) mass is 499 g/mol. The molecule has 0 aliphatic rings. The van der Waals surface area contributed by atoms with Crippen LogP contribution in [-0.2, 0) is 17.9 Å². The molecule has 0 radical (unpaired) electrons. The second-order valence-electron chi connectivity index (χ2n) is 6.40. The molecule has 0 heterocycles. The van der Waals surface area contributed by atoms with E-state index in [4.69, 9.17) is 0 Å². The molecular weight excluding hydrogens is 472 g/mol. The highest BCUT2D eigenvalue weighted by Gasteiger charge is 2.05. The summed E-state index contributed by atoms with van der Waals surface area (Å²) in [6.07, 6.45) is 0. The third kappa shape index (κ3) is 8.66. The summed E-state index contributed by atoms with van der Waals surface area (Å²) < 4.78 is 13.2. The van der Waals surface area contributed by atoms with Gasteiger partial charge in [0.05, 0.1) is 6.54 Å². The van der Waals surface area contributed by atoms with Crippen LogP contribution in [0.1, 0.15) is 11.1 Å². The Hall–Kier alpha value is -2.20. The van der Waals surface area contributed by atoms with Crippen molar-refractivity contribution in [1.82, 2.24) is 15.5 Å². The Kier molecular flexibility index (Phi) is 10.5. The Morgan fingerprint density at radius 3 is 2.21 bits per heavy atom. The van der Waals surface area contributed by atoms with E-state index in [0.29, 0.717) is 25.6 Å². The number of guanidine groups is 1. The molecule has 28 heavy (non-hydrogen) atoms. The van der Waals surface area contributed by atoms with E-state index in [2.05, 4.69) is 20.9 Å². The van der Waals surface area contributed by atoms with E-state index in [9.17, 15) is 9.18 Å². The van der Waals surface area contributed by atoms with Crippen LogP contribution in [0.4, 0.5) is 10.1 Å². The number of halogens is 2. The van der Waals surface area contributed by atoms with Crippen LogP contribution in [0.25, 0.3) is 0 Å². The van der Waals surface area contributed by atoms with Gasteiger partial charge in [-0.05, 0) is 49.5 Å². The molecule has 2 aromatic carbocycles. The molecule has 0 atom stereocenters. The first-order valence-electron chi connectivity index (χ1n) is 8.69. The highest BCUT2D eigenvalue weighted by atomic mass is 127. The Balaban J connectivity index is 0.00000392. The second-order valence-corrected chi connectivity index (χ2v) is 6.40. The lowest BCUT2D eigenvalue weighted by Gasteiger charge is -2.13. The molecule has 8 heteroatoms. The molecule has 6 nitrogen and oxygen atoms in total. The number of rotatable bonds is 7. The number of carbonyl (C=O) groups is 1. The van der Waals surface area contributed by atoms with Gasteiger partial charge in [-0.15, -0.1) is 24.0 Å². The van der Waals surface area contributed by atoms with Gasteiger partial charge in [-0.2, -0.15) is 0 Å². The maximum absolute atomic E-state index is 13.2. The maximum atomic E-state index is 13.2. The van der Waals surface area contributed by atoms with Crippen molar-refractivity contribution >= 4 is 41.5 Å². The minimum atomic E-state index is -0.259. The number of anilines is 1. The summed E-state index contributed by atoms with van der Waals surface area (Å²) in [5.74, 6) is 0.296. The minimum absolute atomic E-state index is 0. The van der Waals surface area contributed by atoms with E-state index in [1.807, 2.05) is 49.3 Å². The Morgan fingerprint density at radius 1 is 1.04 bits per heavy atom. The van der Waals surface area contributed by atoms with Gasteiger partial charge in [0.2, 0.25) is 5.91 Å². The zero-order valence-corrected chi connectivity index (χ0v) is 18.7. The van der Waals surface area contributed by atoms with Crippen LogP contribution < -0.4 is 16.0 Å². The van der Waals surface area contributed by atoms with Crippen molar-refractivity contribution in [2.24, 2.45) is 4.99 Å². The van der Waals surface area contributed by atoms with Gasteiger partial charge in [0.15, 0.2) is 5.96 Å². The summed E-state index contributed by atoms with van der Waals surface area (Å²) in [7, 11) is 5.38. The predicted molar refractivity (Wildman–Crippen MR) is 122 cm³/mol.